The van der Waals surface area contributed by atoms with Crippen LogP contribution in [0.4, 0.5) is 11.4 Å². The lowest BCUT2D eigenvalue weighted by atomic mass is 10.2. The van der Waals surface area contributed by atoms with Crippen molar-refractivity contribution in [1.29, 1.82) is 0 Å². The molecule has 0 fully saturated rings. The number of para-hydroxylation sites is 4. The van der Waals surface area contributed by atoms with Crippen molar-refractivity contribution in [1.82, 2.24) is 9.55 Å². The van der Waals surface area contributed by atoms with Gasteiger partial charge in [-0.15, -0.1) is 0 Å². The fraction of sp³-hybridized carbons (Fsp3) is 0.0667. The Hall–Kier alpha value is -2.93. The summed E-state index contributed by atoms with van der Waals surface area (Å²) in [5.41, 5.74) is 1.37. The molecule has 0 aliphatic carbocycles. The number of imidazole rings is 1. The van der Waals surface area contributed by atoms with Gasteiger partial charge in [0, 0.05) is 6.07 Å². The number of halogens is 1. The highest BCUT2D eigenvalue weighted by molar-refractivity contribution is 6.29. The summed E-state index contributed by atoms with van der Waals surface area (Å²) in [5, 5.41) is 13.7. The van der Waals surface area contributed by atoms with Crippen molar-refractivity contribution in [2.45, 2.75) is 6.54 Å². The summed E-state index contributed by atoms with van der Waals surface area (Å²) in [7, 11) is 0. The minimum absolute atomic E-state index is 0.0919. The molecular formula is C15H11ClN4O3. The molecule has 0 aliphatic heterocycles. The van der Waals surface area contributed by atoms with Crippen molar-refractivity contribution >= 4 is 39.9 Å². The van der Waals surface area contributed by atoms with Crippen molar-refractivity contribution < 1.29 is 9.72 Å². The molecule has 23 heavy (non-hydrogen) atoms. The van der Waals surface area contributed by atoms with E-state index in [2.05, 4.69) is 10.3 Å². The summed E-state index contributed by atoms with van der Waals surface area (Å²) in [6.45, 7) is -0.0919. The zero-order valence-electron chi connectivity index (χ0n) is 11.8. The topological polar surface area (TPSA) is 90.1 Å². The van der Waals surface area contributed by atoms with E-state index in [0.29, 0.717) is 5.52 Å². The number of fused-ring (bicyclic) bond motifs is 1. The molecule has 0 saturated heterocycles. The van der Waals surface area contributed by atoms with Crippen molar-refractivity contribution in [3.63, 3.8) is 0 Å². The Morgan fingerprint density at radius 2 is 1.91 bits per heavy atom. The predicted octanol–water partition coefficient (Wildman–Crippen LogP) is 3.24. The smallest absolute Gasteiger partial charge is 0.292 e. The molecular weight excluding hydrogens is 320 g/mol. The summed E-state index contributed by atoms with van der Waals surface area (Å²) in [5.74, 6) is -0.427. The third-order valence-electron chi connectivity index (χ3n) is 3.28. The van der Waals surface area contributed by atoms with Crippen LogP contribution in [-0.4, -0.2) is 20.4 Å². The number of benzene rings is 2. The molecule has 1 heterocycles. The first-order valence-corrected chi connectivity index (χ1v) is 7.08. The molecule has 0 saturated carbocycles. The molecule has 116 valence electrons. The number of aromatic nitrogens is 2. The molecule has 1 N–H and O–H groups in total. The van der Waals surface area contributed by atoms with E-state index in [1.54, 1.807) is 22.8 Å². The number of nitro groups is 1. The van der Waals surface area contributed by atoms with Gasteiger partial charge < -0.3 is 9.88 Å². The average molecular weight is 331 g/mol. The standard InChI is InChI=1S/C15H11ClN4O3/c16-15-18-10-5-1-3-7-12(10)19(15)9-14(21)17-11-6-2-4-8-13(11)20(22)23/h1-8H,9H2,(H,17,21). The minimum atomic E-state index is -0.546. The number of nitrogens with zero attached hydrogens (tertiary/aromatic N) is 3. The summed E-state index contributed by atoms with van der Waals surface area (Å²) in [6, 6.07) is 13.2. The number of hydrogen-bond acceptors (Lipinski definition) is 4. The van der Waals surface area contributed by atoms with Gasteiger partial charge in [0.05, 0.1) is 16.0 Å². The number of nitrogens with one attached hydrogen (secondary N) is 1. The normalized spacial score (nSPS) is 10.7. The van der Waals surface area contributed by atoms with Crippen LogP contribution >= 0.6 is 11.6 Å². The highest BCUT2D eigenvalue weighted by atomic mass is 35.5. The molecule has 0 bridgehead atoms. The Morgan fingerprint density at radius 3 is 2.70 bits per heavy atom. The lowest BCUT2D eigenvalue weighted by molar-refractivity contribution is -0.383. The van der Waals surface area contributed by atoms with E-state index in [9.17, 15) is 14.9 Å². The van der Waals surface area contributed by atoms with E-state index in [4.69, 9.17) is 11.6 Å². The van der Waals surface area contributed by atoms with E-state index in [1.807, 2.05) is 12.1 Å². The van der Waals surface area contributed by atoms with Crippen molar-refractivity contribution in [3.05, 3.63) is 63.9 Å². The fourth-order valence-corrected chi connectivity index (χ4v) is 2.51. The Morgan fingerprint density at radius 1 is 1.22 bits per heavy atom. The van der Waals surface area contributed by atoms with Crippen molar-refractivity contribution in [3.8, 4) is 0 Å². The predicted molar refractivity (Wildman–Crippen MR) is 86.5 cm³/mol. The third kappa shape index (κ3) is 3.00. The van der Waals surface area contributed by atoms with Gasteiger partial charge >= 0.3 is 0 Å². The zero-order chi connectivity index (χ0) is 16.4. The third-order valence-corrected chi connectivity index (χ3v) is 3.57. The van der Waals surface area contributed by atoms with Crippen LogP contribution in [0, 0.1) is 10.1 Å². The minimum Gasteiger partial charge on any atom is -0.319 e. The van der Waals surface area contributed by atoms with Crippen LogP contribution in [0.1, 0.15) is 0 Å². The number of rotatable bonds is 4. The van der Waals surface area contributed by atoms with Crippen molar-refractivity contribution in [2.24, 2.45) is 0 Å². The summed E-state index contributed by atoms with van der Waals surface area (Å²) in [6.07, 6.45) is 0. The summed E-state index contributed by atoms with van der Waals surface area (Å²) < 4.78 is 1.54. The first kappa shape index (κ1) is 15.0. The van der Waals surface area contributed by atoms with Crippen LogP contribution < -0.4 is 5.32 Å². The monoisotopic (exact) mass is 330 g/mol. The first-order chi connectivity index (χ1) is 11.1. The fourth-order valence-electron chi connectivity index (χ4n) is 2.27. The molecule has 8 heteroatoms. The number of hydrogen-bond donors (Lipinski definition) is 1. The Labute approximate surface area is 135 Å². The number of anilines is 1. The molecule has 0 radical (unpaired) electrons. The summed E-state index contributed by atoms with van der Waals surface area (Å²) in [4.78, 5) is 26.8. The second kappa shape index (κ2) is 6.05. The molecule has 1 amide bonds. The van der Waals surface area contributed by atoms with Crippen LogP contribution in [0.3, 0.4) is 0 Å². The SMILES string of the molecule is O=C(Cn1c(Cl)nc2ccccc21)Nc1ccccc1[N+](=O)[O-]. The molecule has 7 nitrogen and oxygen atoms in total. The maximum absolute atomic E-state index is 12.2. The molecule has 3 aromatic rings. The van der Waals surface area contributed by atoms with E-state index in [-0.39, 0.29) is 23.2 Å². The molecule has 2 aromatic carbocycles. The van der Waals surface area contributed by atoms with Crippen molar-refractivity contribution in [2.75, 3.05) is 5.32 Å². The quantitative estimate of drug-likeness (QED) is 0.587. The molecule has 0 aliphatic rings. The molecule has 0 unspecified atom stereocenters. The molecule has 1 aromatic heterocycles. The molecule has 0 atom stereocenters. The van der Waals surface area contributed by atoms with Crippen LogP contribution in [0.2, 0.25) is 5.28 Å². The average Bonchev–Trinajstić information content (AvgIpc) is 2.83. The van der Waals surface area contributed by atoms with Gasteiger partial charge in [0.15, 0.2) is 0 Å². The highest BCUT2D eigenvalue weighted by Crippen LogP contribution is 2.24. The van der Waals surface area contributed by atoms with E-state index in [1.165, 1.54) is 18.2 Å². The van der Waals surface area contributed by atoms with Gasteiger partial charge in [0.1, 0.15) is 12.2 Å². The number of carbonyl (C=O) groups excluding carboxylic acids is 1. The van der Waals surface area contributed by atoms with Gasteiger partial charge in [-0.3, -0.25) is 14.9 Å². The highest BCUT2D eigenvalue weighted by Gasteiger charge is 2.16. The van der Waals surface area contributed by atoms with Crippen LogP contribution in [0.5, 0.6) is 0 Å². The largest absolute Gasteiger partial charge is 0.319 e. The number of nitro benzene ring substituents is 1. The van der Waals surface area contributed by atoms with Crippen LogP contribution in [0.15, 0.2) is 48.5 Å². The molecule has 3 rings (SSSR count). The number of amides is 1. The zero-order valence-corrected chi connectivity index (χ0v) is 12.5. The Kier molecular flexibility index (Phi) is 3.94. The van der Waals surface area contributed by atoms with Gasteiger partial charge in [0.2, 0.25) is 11.2 Å². The summed E-state index contributed by atoms with van der Waals surface area (Å²) >= 11 is 6.06. The lowest BCUT2D eigenvalue weighted by Crippen LogP contribution is -2.19. The van der Waals surface area contributed by atoms with Crippen LogP contribution in [0.25, 0.3) is 11.0 Å². The Bertz CT molecular complexity index is 907. The van der Waals surface area contributed by atoms with Gasteiger partial charge in [-0.05, 0) is 29.8 Å². The van der Waals surface area contributed by atoms with Gasteiger partial charge in [-0.25, -0.2) is 4.98 Å². The van der Waals surface area contributed by atoms with E-state index < -0.39 is 10.8 Å². The molecule has 0 spiro atoms. The second-order valence-electron chi connectivity index (χ2n) is 4.78. The number of carbonyl (C=O) groups is 1. The maximum Gasteiger partial charge on any atom is 0.292 e. The lowest BCUT2D eigenvalue weighted by Gasteiger charge is -2.08. The van der Waals surface area contributed by atoms with Gasteiger partial charge in [0.25, 0.3) is 5.69 Å². The first-order valence-electron chi connectivity index (χ1n) is 6.70. The van der Waals surface area contributed by atoms with E-state index >= 15 is 0 Å². The van der Waals surface area contributed by atoms with Crippen LogP contribution in [-0.2, 0) is 11.3 Å². The van der Waals surface area contributed by atoms with Gasteiger partial charge in [-0.1, -0.05) is 24.3 Å². The second-order valence-corrected chi connectivity index (χ2v) is 5.12. The van der Waals surface area contributed by atoms with E-state index in [0.717, 1.165) is 5.52 Å². The Balaban J connectivity index is 1.85. The maximum atomic E-state index is 12.2. The van der Waals surface area contributed by atoms with Gasteiger partial charge in [-0.2, -0.15) is 0 Å².